The van der Waals surface area contributed by atoms with Crippen molar-refractivity contribution in [3.8, 4) is 0 Å². The fourth-order valence-electron chi connectivity index (χ4n) is 2.42. The molecule has 0 heterocycles. The minimum absolute atomic E-state index is 0.447. The molecule has 1 nitrogen and oxygen atoms in total. The molecule has 0 bridgehead atoms. The number of hydrogen-bond donors (Lipinski definition) is 1. The van der Waals surface area contributed by atoms with E-state index in [2.05, 4.69) is 58.1 Å². The molecule has 0 saturated heterocycles. The van der Waals surface area contributed by atoms with Crippen molar-refractivity contribution in [3.05, 3.63) is 34.9 Å². The Labute approximate surface area is 107 Å². The molecule has 0 amide bonds. The minimum atomic E-state index is 0.447. The predicted molar refractivity (Wildman–Crippen MR) is 76.5 cm³/mol. The van der Waals surface area contributed by atoms with Crippen LogP contribution in [0, 0.1) is 13.8 Å². The molecule has 0 aliphatic carbocycles. The number of nitrogens with one attached hydrogen (secondary N) is 1. The monoisotopic (exact) mass is 233 g/mol. The molecule has 1 aromatic carbocycles. The van der Waals surface area contributed by atoms with Crippen molar-refractivity contribution in [2.24, 2.45) is 0 Å². The fraction of sp³-hybridized carbons (Fsp3) is 0.625. The van der Waals surface area contributed by atoms with E-state index in [4.69, 9.17) is 0 Å². The van der Waals surface area contributed by atoms with E-state index in [9.17, 15) is 0 Å². The maximum Gasteiger partial charge on any atom is 0.0296 e. The van der Waals surface area contributed by atoms with Gasteiger partial charge in [0.05, 0.1) is 0 Å². The first-order valence-electron chi connectivity index (χ1n) is 6.87. The van der Waals surface area contributed by atoms with Gasteiger partial charge in [0.2, 0.25) is 0 Å². The lowest BCUT2D eigenvalue weighted by Crippen LogP contribution is -2.29. The van der Waals surface area contributed by atoms with Gasteiger partial charge in [-0.15, -0.1) is 0 Å². The Morgan fingerprint density at radius 3 is 2.47 bits per heavy atom. The van der Waals surface area contributed by atoms with Gasteiger partial charge in [0.25, 0.3) is 0 Å². The van der Waals surface area contributed by atoms with Crippen molar-refractivity contribution in [2.45, 2.75) is 66.0 Å². The average Bonchev–Trinajstić information content (AvgIpc) is 2.26. The van der Waals surface area contributed by atoms with E-state index in [-0.39, 0.29) is 0 Å². The molecule has 2 atom stereocenters. The van der Waals surface area contributed by atoms with E-state index in [1.807, 2.05) is 0 Å². The Morgan fingerprint density at radius 2 is 1.88 bits per heavy atom. The summed E-state index contributed by atoms with van der Waals surface area (Å²) in [7, 11) is 0. The van der Waals surface area contributed by atoms with Crippen LogP contribution in [0.4, 0.5) is 0 Å². The molecular formula is C16H27N. The zero-order valence-corrected chi connectivity index (χ0v) is 12.0. The first-order chi connectivity index (χ1) is 8.04. The molecule has 0 saturated carbocycles. The summed E-state index contributed by atoms with van der Waals surface area (Å²) >= 11 is 0. The highest BCUT2D eigenvalue weighted by atomic mass is 14.9. The van der Waals surface area contributed by atoms with Crippen LogP contribution < -0.4 is 5.32 Å². The van der Waals surface area contributed by atoms with Gasteiger partial charge in [0.15, 0.2) is 0 Å². The summed E-state index contributed by atoms with van der Waals surface area (Å²) in [5.74, 6) is 0. The summed E-state index contributed by atoms with van der Waals surface area (Å²) in [6.45, 7) is 11.2. The number of rotatable bonds is 6. The van der Waals surface area contributed by atoms with Gasteiger partial charge < -0.3 is 5.32 Å². The average molecular weight is 233 g/mol. The number of benzene rings is 1. The molecular weight excluding hydrogens is 206 g/mol. The van der Waals surface area contributed by atoms with E-state index in [1.54, 1.807) is 0 Å². The van der Waals surface area contributed by atoms with Gasteiger partial charge >= 0.3 is 0 Å². The van der Waals surface area contributed by atoms with Crippen LogP contribution in [0.1, 0.15) is 62.8 Å². The smallest absolute Gasteiger partial charge is 0.0296 e. The first kappa shape index (κ1) is 14.2. The van der Waals surface area contributed by atoms with Crippen molar-refractivity contribution in [1.82, 2.24) is 5.32 Å². The lowest BCUT2D eigenvalue weighted by atomic mass is 9.99. The molecule has 0 radical (unpaired) electrons. The van der Waals surface area contributed by atoms with Crippen molar-refractivity contribution in [3.63, 3.8) is 0 Å². The number of hydrogen-bond acceptors (Lipinski definition) is 1. The van der Waals surface area contributed by atoms with Crippen molar-refractivity contribution in [1.29, 1.82) is 0 Å². The van der Waals surface area contributed by atoms with Gasteiger partial charge in [0, 0.05) is 12.1 Å². The highest BCUT2D eigenvalue weighted by molar-refractivity contribution is 5.32. The van der Waals surface area contributed by atoms with E-state index < -0.39 is 0 Å². The van der Waals surface area contributed by atoms with Crippen LogP contribution in [-0.2, 0) is 0 Å². The van der Waals surface area contributed by atoms with E-state index >= 15 is 0 Å². The summed E-state index contributed by atoms with van der Waals surface area (Å²) in [4.78, 5) is 0. The summed E-state index contributed by atoms with van der Waals surface area (Å²) in [5, 5.41) is 3.69. The van der Waals surface area contributed by atoms with Crippen LogP contribution in [0.5, 0.6) is 0 Å². The van der Waals surface area contributed by atoms with E-state index in [0.717, 1.165) is 0 Å². The van der Waals surface area contributed by atoms with Crippen LogP contribution in [0.25, 0.3) is 0 Å². The number of aryl methyl sites for hydroxylation is 2. The lowest BCUT2D eigenvalue weighted by molar-refractivity contribution is 0.443. The third-order valence-corrected chi connectivity index (χ3v) is 3.42. The third-order valence-electron chi connectivity index (χ3n) is 3.42. The largest absolute Gasteiger partial charge is 0.308 e. The van der Waals surface area contributed by atoms with Gasteiger partial charge in [-0.25, -0.2) is 0 Å². The zero-order chi connectivity index (χ0) is 12.8. The molecule has 1 aromatic rings. The topological polar surface area (TPSA) is 12.0 Å². The Balaban J connectivity index is 2.60. The standard InChI is InChI=1S/C16H27N/c1-6-7-8-14(4)17-15(5)16-10-9-12(2)11-13(16)3/h9-11,14-15,17H,6-8H2,1-5H3. The molecule has 0 spiro atoms. The Bertz CT molecular complexity index is 343. The molecule has 17 heavy (non-hydrogen) atoms. The second-order valence-corrected chi connectivity index (χ2v) is 5.29. The SMILES string of the molecule is CCCCC(C)NC(C)c1ccc(C)cc1C. The molecule has 96 valence electrons. The van der Waals surface area contributed by atoms with E-state index in [1.165, 1.54) is 36.0 Å². The highest BCUT2D eigenvalue weighted by Gasteiger charge is 2.11. The molecule has 0 fully saturated rings. The molecule has 2 unspecified atom stereocenters. The molecule has 1 heteroatoms. The lowest BCUT2D eigenvalue weighted by Gasteiger charge is -2.22. The number of unbranched alkanes of at least 4 members (excludes halogenated alkanes) is 1. The first-order valence-corrected chi connectivity index (χ1v) is 6.87. The Hall–Kier alpha value is -0.820. The van der Waals surface area contributed by atoms with Gasteiger partial charge in [-0.2, -0.15) is 0 Å². The Kier molecular flexibility index (Phi) is 5.70. The van der Waals surface area contributed by atoms with Crippen LogP contribution in [0.2, 0.25) is 0 Å². The molecule has 1 N–H and O–H groups in total. The third kappa shape index (κ3) is 4.51. The van der Waals surface area contributed by atoms with Crippen LogP contribution >= 0.6 is 0 Å². The molecule has 0 aromatic heterocycles. The highest BCUT2D eigenvalue weighted by Crippen LogP contribution is 2.19. The van der Waals surface area contributed by atoms with Gasteiger partial charge in [-0.1, -0.05) is 43.5 Å². The molecule has 1 rings (SSSR count). The zero-order valence-electron chi connectivity index (χ0n) is 12.0. The summed E-state index contributed by atoms with van der Waals surface area (Å²) in [6.07, 6.45) is 3.86. The fourth-order valence-corrected chi connectivity index (χ4v) is 2.42. The van der Waals surface area contributed by atoms with E-state index in [0.29, 0.717) is 12.1 Å². The van der Waals surface area contributed by atoms with Gasteiger partial charge in [0.1, 0.15) is 0 Å². The predicted octanol–water partition coefficient (Wildman–Crippen LogP) is 4.53. The Morgan fingerprint density at radius 1 is 1.18 bits per heavy atom. The minimum Gasteiger partial charge on any atom is -0.308 e. The van der Waals surface area contributed by atoms with Crippen LogP contribution in [0.3, 0.4) is 0 Å². The maximum atomic E-state index is 3.69. The quantitative estimate of drug-likeness (QED) is 0.761. The van der Waals surface area contributed by atoms with Crippen molar-refractivity contribution in [2.75, 3.05) is 0 Å². The van der Waals surface area contributed by atoms with Crippen molar-refractivity contribution >= 4 is 0 Å². The maximum absolute atomic E-state index is 3.69. The van der Waals surface area contributed by atoms with Gasteiger partial charge in [-0.3, -0.25) is 0 Å². The summed E-state index contributed by atoms with van der Waals surface area (Å²) in [5.41, 5.74) is 4.17. The summed E-state index contributed by atoms with van der Waals surface area (Å²) < 4.78 is 0. The second kappa shape index (κ2) is 6.80. The van der Waals surface area contributed by atoms with Crippen LogP contribution in [-0.4, -0.2) is 6.04 Å². The molecule has 0 aliphatic rings. The second-order valence-electron chi connectivity index (χ2n) is 5.29. The van der Waals surface area contributed by atoms with Gasteiger partial charge in [-0.05, 0) is 45.2 Å². The molecule has 0 aliphatic heterocycles. The normalized spacial score (nSPS) is 14.6. The van der Waals surface area contributed by atoms with Crippen LogP contribution in [0.15, 0.2) is 18.2 Å². The van der Waals surface area contributed by atoms with Crippen molar-refractivity contribution < 1.29 is 0 Å². The summed E-state index contributed by atoms with van der Waals surface area (Å²) in [6, 6.07) is 7.78.